The Morgan fingerprint density at radius 1 is 1.21 bits per heavy atom. The molecule has 1 aromatic rings. The summed E-state index contributed by atoms with van der Waals surface area (Å²) in [5.74, 6) is 1.01. The van der Waals surface area contributed by atoms with Gasteiger partial charge in [0.05, 0.1) is 0 Å². The zero-order chi connectivity index (χ0) is 16.7. The predicted octanol–water partition coefficient (Wildman–Crippen LogP) is 2.82. The summed E-state index contributed by atoms with van der Waals surface area (Å²) in [6, 6.07) is 6.87. The first kappa shape index (κ1) is 20.3. The van der Waals surface area contributed by atoms with Crippen LogP contribution in [0.25, 0.3) is 0 Å². The summed E-state index contributed by atoms with van der Waals surface area (Å²) < 4.78 is 0. The molecule has 1 aliphatic heterocycles. The Morgan fingerprint density at radius 2 is 1.83 bits per heavy atom. The normalized spacial score (nSPS) is 15.8. The fraction of sp³-hybridized carbons (Fsp3) is 0.529. The van der Waals surface area contributed by atoms with Gasteiger partial charge in [0, 0.05) is 24.8 Å². The number of anilines is 2. The number of carbonyl (C=O) groups is 2. The SMILES string of the molecule is CNC(=O)Nc1cccc(NC(=O)CC(C)C2CCNCC2)c1.Cl. The van der Waals surface area contributed by atoms with Crippen LogP contribution in [0.4, 0.5) is 16.2 Å². The van der Waals surface area contributed by atoms with Gasteiger partial charge in [0.15, 0.2) is 0 Å². The van der Waals surface area contributed by atoms with Crippen molar-refractivity contribution in [3.8, 4) is 0 Å². The fourth-order valence-corrected chi connectivity index (χ4v) is 2.95. The van der Waals surface area contributed by atoms with Gasteiger partial charge in [-0.3, -0.25) is 4.79 Å². The zero-order valence-electron chi connectivity index (χ0n) is 14.2. The molecule has 4 N–H and O–H groups in total. The van der Waals surface area contributed by atoms with E-state index < -0.39 is 0 Å². The van der Waals surface area contributed by atoms with Crippen LogP contribution in [0, 0.1) is 11.8 Å². The van der Waals surface area contributed by atoms with E-state index in [1.54, 1.807) is 25.2 Å². The number of piperidine rings is 1. The van der Waals surface area contributed by atoms with Crippen molar-refractivity contribution < 1.29 is 9.59 Å². The molecule has 0 spiro atoms. The molecule has 0 bridgehead atoms. The lowest BCUT2D eigenvalue weighted by atomic mass is 9.84. The molecule has 6 nitrogen and oxygen atoms in total. The van der Waals surface area contributed by atoms with Crippen LogP contribution in [-0.4, -0.2) is 32.1 Å². The van der Waals surface area contributed by atoms with E-state index in [9.17, 15) is 9.59 Å². The minimum atomic E-state index is -0.284. The Balaban J connectivity index is 0.00000288. The Hall–Kier alpha value is -1.79. The third-order valence-corrected chi connectivity index (χ3v) is 4.33. The van der Waals surface area contributed by atoms with Crippen molar-refractivity contribution in [2.45, 2.75) is 26.2 Å². The van der Waals surface area contributed by atoms with Crippen molar-refractivity contribution in [2.75, 3.05) is 30.8 Å². The summed E-state index contributed by atoms with van der Waals surface area (Å²) in [6.07, 6.45) is 2.80. The van der Waals surface area contributed by atoms with Crippen LogP contribution in [0.15, 0.2) is 24.3 Å². The van der Waals surface area contributed by atoms with Crippen molar-refractivity contribution in [1.82, 2.24) is 10.6 Å². The van der Waals surface area contributed by atoms with Crippen LogP contribution < -0.4 is 21.3 Å². The largest absolute Gasteiger partial charge is 0.341 e. The van der Waals surface area contributed by atoms with Gasteiger partial charge in [-0.1, -0.05) is 13.0 Å². The van der Waals surface area contributed by atoms with Gasteiger partial charge in [0.2, 0.25) is 5.91 Å². The van der Waals surface area contributed by atoms with Gasteiger partial charge in [-0.25, -0.2) is 4.79 Å². The molecular weight excluding hydrogens is 328 g/mol. The molecule has 0 radical (unpaired) electrons. The average Bonchev–Trinajstić information content (AvgIpc) is 2.55. The second-order valence-electron chi connectivity index (χ2n) is 6.10. The summed E-state index contributed by atoms with van der Waals surface area (Å²) >= 11 is 0. The molecule has 0 aliphatic carbocycles. The predicted molar refractivity (Wildman–Crippen MR) is 99.8 cm³/mol. The van der Waals surface area contributed by atoms with E-state index in [1.807, 2.05) is 6.07 Å². The Morgan fingerprint density at radius 3 is 2.46 bits per heavy atom. The second-order valence-corrected chi connectivity index (χ2v) is 6.10. The molecule has 1 unspecified atom stereocenters. The molecule has 1 heterocycles. The van der Waals surface area contributed by atoms with E-state index in [1.165, 1.54) is 0 Å². The molecule has 0 saturated carbocycles. The van der Waals surface area contributed by atoms with E-state index >= 15 is 0 Å². The van der Waals surface area contributed by atoms with E-state index in [0.717, 1.165) is 25.9 Å². The minimum Gasteiger partial charge on any atom is -0.341 e. The highest BCUT2D eigenvalue weighted by atomic mass is 35.5. The number of urea groups is 1. The highest BCUT2D eigenvalue weighted by Gasteiger charge is 2.22. The average molecular weight is 355 g/mol. The number of hydrogen-bond acceptors (Lipinski definition) is 3. The lowest BCUT2D eigenvalue weighted by Gasteiger charge is -2.27. The lowest BCUT2D eigenvalue weighted by molar-refractivity contribution is -0.117. The van der Waals surface area contributed by atoms with E-state index in [-0.39, 0.29) is 24.3 Å². The van der Waals surface area contributed by atoms with Gasteiger partial charge in [-0.05, 0) is 56.0 Å². The summed E-state index contributed by atoms with van der Waals surface area (Å²) in [6.45, 7) is 4.24. The molecule has 1 aliphatic rings. The molecule has 1 saturated heterocycles. The van der Waals surface area contributed by atoms with Crippen LogP contribution >= 0.6 is 12.4 Å². The number of benzene rings is 1. The number of hydrogen-bond donors (Lipinski definition) is 4. The topological polar surface area (TPSA) is 82.3 Å². The molecule has 1 fully saturated rings. The highest BCUT2D eigenvalue weighted by molar-refractivity contribution is 5.93. The van der Waals surface area contributed by atoms with Gasteiger partial charge in [-0.2, -0.15) is 0 Å². The number of nitrogens with one attached hydrogen (secondary N) is 4. The zero-order valence-corrected chi connectivity index (χ0v) is 15.0. The molecule has 3 amide bonds. The van der Waals surface area contributed by atoms with Gasteiger partial charge in [-0.15, -0.1) is 12.4 Å². The van der Waals surface area contributed by atoms with Gasteiger partial charge < -0.3 is 21.3 Å². The Labute approximate surface area is 149 Å². The van der Waals surface area contributed by atoms with Crippen LogP contribution in [0.3, 0.4) is 0 Å². The molecule has 1 atom stereocenters. The third kappa shape index (κ3) is 6.37. The van der Waals surface area contributed by atoms with Crippen molar-refractivity contribution in [2.24, 2.45) is 11.8 Å². The molecular formula is C17H27ClN4O2. The van der Waals surface area contributed by atoms with Gasteiger partial charge in [0.25, 0.3) is 0 Å². The maximum atomic E-state index is 12.2. The highest BCUT2D eigenvalue weighted by Crippen LogP contribution is 2.25. The van der Waals surface area contributed by atoms with Crippen LogP contribution in [0.1, 0.15) is 26.2 Å². The Bertz CT molecular complexity index is 547. The van der Waals surface area contributed by atoms with E-state index in [0.29, 0.717) is 29.6 Å². The summed E-state index contributed by atoms with van der Waals surface area (Å²) in [4.78, 5) is 23.5. The Kier molecular flexibility index (Phi) is 8.57. The summed E-state index contributed by atoms with van der Waals surface area (Å²) in [5.41, 5.74) is 1.34. The number of amides is 3. The molecule has 0 aromatic heterocycles. The van der Waals surface area contributed by atoms with Crippen molar-refractivity contribution in [1.29, 1.82) is 0 Å². The van der Waals surface area contributed by atoms with Crippen LogP contribution in [0.2, 0.25) is 0 Å². The molecule has 134 valence electrons. The maximum absolute atomic E-state index is 12.2. The van der Waals surface area contributed by atoms with Crippen LogP contribution in [0.5, 0.6) is 0 Å². The summed E-state index contributed by atoms with van der Waals surface area (Å²) in [5, 5.41) is 11.4. The van der Waals surface area contributed by atoms with Gasteiger partial charge >= 0.3 is 6.03 Å². The first-order valence-electron chi connectivity index (χ1n) is 8.18. The quantitative estimate of drug-likeness (QED) is 0.656. The van der Waals surface area contributed by atoms with Crippen molar-refractivity contribution in [3.63, 3.8) is 0 Å². The molecule has 2 rings (SSSR count). The first-order chi connectivity index (χ1) is 11.1. The van der Waals surface area contributed by atoms with E-state index in [4.69, 9.17) is 0 Å². The fourth-order valence-electron chi connectivity index (χ4n) is 2.95. The first-order valence-corrected chi connectivity index (χ1v) is 8.18. The molecule has 1 aromatic carbocycles. The second kappa shape index (κ2) is 10.2. The minimum absolute atomic E-state index is 0. The lowest BCUT2D eigenvalue weighted by Crippen LogP contribution is -2.32. The van der Waals surface area contributed by atoms with Crippen LogP contribution in [-0.2, 0) is 4.79 Å². The number of rotatable bonds is 5. The number of halogens is 1. The van der Waals surface area contributed by atoms with E-state index in [2.05, 4.69) is 28.2 Å². The third-order valence-electron chi connectivity index (χ3n) is 4.33. The van der Waals surface area contributed by atoms with Gasteiger partial charge in [0.1, 0.15) is 0 Å². The maximum Gasteiger partial charge on any atom is 0.318 e. The molecule has 24 heavy (non-hydrogen) atoms. The standard InChI is InChI=1S/C17H26N4O2.ClH/c1-12(13-6-8-19-9-7-13)10-16(22)20-14-4-3-5-15(11-14)21-17(23)18-2;/h3-5,11-13,19H,6-10H2,1-2H3,(H,20,22)(H2,18,21,23);1H. The van der Waals surface area contributed by atoms with Crippen molar-refractivity contribution in [3.05, 3.63) is 24.3 Å². The smallest absolute Gasteiger partial charge is 0.318 e. The summed E-state index contributed by atoms with van der Waals surface area (Å²) in [7, 11) is 1.56. The number of carbonyl (C=O) groups excluding carboxylic acids is 2. The monoisotopic (exact) mass is 354 g/mol. The van der Waals surface area contributed by atoms with Crippen molar-refractivity contribution >= 4 is 35.7 Å². The molecule has 7 heteroatoms.